The van der Waals surface area contributed by atoms with E-state index in [0.717, 1.165) is 19.3 Å². The van der Waals surface area contributed by atoms with E-state index < -0.39 is 12.0 Å². The van der Waals surface area contributed by atoms with Crippen molar-refractivity contribution in [3.63, 3.8) is 0 Å². The van der Waals surface area contributed by atoms with Gasteiger partial charge in [0.15, 0.2) is 0 Å². The van der Waals surface area contributed by atoms with Crippen molar-refractivity contribution in [3.05, 3.63) is 0 Å². The minimum Gasteiger partial charge on any atom is -0.480 e. The Morgan fingerprint density at radius 2 is 2.00 bits per heavy atom. The molecule has 94 valence electrons. The number of rotatable bonds is 9. The molecule has 0 aromatic heterocycles. The Balaban J connectivity index is 3.88. The maximum absolute atomic E-state index is 11.4. The van der Waals surface area contributed by atoms with Crippen LogP contribution >= 0.6 is 0 Å². The highest BCUT2D eigenvalue weighted by Gasteiger charge is 2.18. The van der Waals surface area contributed by atoms with Crippen molar-refractivity contribution in [2.75, 3.05) is 6.54 Å². The van der Waals surface area contributed by atoms with Crippen LogP contribution in [0.4, 0.5) is 0 Å². The molecule has 0 aliphatic carbocycles. The second-order valence-electron chi connectivity index (χ2n) is 3.85. The summed E-state index contributed by atoms with van der Waals surface area (Å²) in [4.78, 5) is 22.2. The quantitative estimate of drug-likeness (QED) is 0.512. The molecule has 0 radical (unpaired) electrons. The maximum Gasteiger partial charge on any atom is 0.326 e. The summed E-state index contributed by atoms with van der Waals surface area (Å²) in [5.74, 6) is -1.17. The number of hydrogen-bond acceptors (Lipinski definition) is 3. The van der Waals surface area contributed by atoms with E-state index in [2.05, 4.69) is 12.2 Å². The lowest BCUT2D eigenvalue weighted by atomic mass is 10.1. The van der Waals surface area contributed by atoms with E-state index in [4.69, 9.17) is 10.8 Å². The van der Waals surface area contributed by atoms with Crippen LogP contribution in [0.25, 0.3) is 0 Å². The first-order valence-electron chi connectivity index (χ1n) is 5.84. The van der Waals surface area contributed by atoms with Crippen LogP contribution in [0.5, 0.6) is 0 Å². The van der Waals surface area contributed by atoms with Crippen molar-refractivity contribution in [2.45, 2.75) is 51.5 Å². The summed E-state index contributed by atoms with van der Waals surface area (Å²) in [7, 11) is 0. The number of nitrogens with two attached hydrogens (primary N) is 1. The largest absolute Gasteiger partial charge is 0.480 e. The zero-order valence-electron chi connectivity index (χ0n) is 9.87. The normalized spacial score (nSPS) is 12.1. The Kier molecular flexibility index (Phi) is 8.52. The van der Waals surface area contributed by atoms with Gasteiger partial charge in [-0.25, -0.2) is 4.79 Å². The summed E-state index contributed by atoms with van der Waals surface area (Å²) in [5, 5.41) is 11.4. The van der Waals surface area contributed by atoms with Gasteiger partial charge in [0.2, 0.25) is 5.91 Å². The van der Waals surface area contributed by atoms with Gasteiger partial charge < -0.3 is 16.2 Å². The van der Waals surface area contributed by atoms with Gasteiger partial charge in [-0.1, -0.05) is 19.8 Å². The number of carbonyl (C=O) groups is 2. The van der Waals surface area contributed by atoms with Crippen LogP contribution in [0, 0.1) is 0 Å². The first-order chi connectivity index (χ1) is 7.61. The predicted molar refractivity (Wildman–Crippen MR) is 62.0 cm³/mol. The zero-order valence-corrected chi connectivity index (χ0v) is 9.87. The fraction of sp³-hybridized carbons (Fsp3) is 0.818. The van der Waals surface area contributed by atoms with Gasteiger partial charge in [0.25, 0.3) is 0 Å². The third-order valence-corrected chi connectivity index (χ3v) is 2.34. The van der Waals surface area contributed by atoms with Crippen molar-refractivity contribution >= 4 is 11.9 Å². The highest BCUT2D eigenvalue weighted by molar-refractivity contribution is 5.83. The summed E-state index contributed by atoms with van der Waals surface area (Å²) in [6.45, 7) is 2.49. The van der Waals surface area contributed by atoms with E-state index in [1.54, 1.807) is 0 Å². The SMILES string of the molecule is CCCCCC(=O)N[C@H](CCCN)C(=O)O. The van der Waals surface area contributed by atoms with E-state index in [-0.39, 0.29) is 5.91 Å². The smallest absolute Gasteiger partial charge is 0.326 e. The molecule has 0 aromatic carbocycles. The van der Waals surface area contributed by atoms with Gasteiger partial charge in [-0.15, -0.1) is 0 Å². The summed E-state index contributed by atoms with van der Waals surface area (Å²) >= 11 is 0. The summed E-state index contributed by atoms with van der Waals surface area (Å²) in [5.41, 5.74) is 5.30. The van der Waals surface area contributed by atoms with Crippen LogP contribution in [0.3, 0.4) is 0 Å². The molecule has 0 aliphatic rings. The topological polar surface area (TPSA) is 92.4 Å². The molecule has 0 rings (SSSR count). The molecule has 0 aromatic rings. The highest BCUT2D eigenvalue weighted by atomic mass is 16.4. The Morgan fingerprint density at radius 3 is 2.50 bits per heavy atom. The highest BCUT2D eigenvalue weighted by Crippen LogP contribution is 2.01. The molecule has 16 heavy (non-hydrogen) atoms. The molecule has 0 fully saturated rings. The van der Waals surface area contributed by atoms with E-state index in [9.17, 15) is 9.59 Å². The molecule has 5 heteroatoms. The average molecular weight is 230 g/mol. The Morgan fingerprint density at radius 1 is 1.31 bits per heavy atom. The maximum atomic E-state index is 11.4. The molecule has 0 aliphatic heterocycles. The van der Waals surface area contributed by atoms with E-state index in [1.807, 2.05) is 0 Å². The van der Waals surface area contributed by atoms with E-state index in [1.165, 1.54) is 0 Å². The Hall–Kier alpha value is -1.10. The minimum absolute atomic E-state index is 0.183. The monoisotopic (exact) mass is 230 g/mol. The van der Waals surface area contributed by atoms with E-state index in [0.29, 0.717) is 25.8 Å². The van der Waals surface area contributed by atoms with Crippen LogP contribution in [0.2, 0.25) is 0 Å². The molecule has 1 amide bonds. The number of carboxylic acid groups (broad SMARTS) is 1. The van der Waals surface area contributed by atoms with Gasteiger partial charge >= 0.3 is 5.97 Å². The van der Waals surface area contributed by atoms with Crippen molar-refractivity contribution in [2.24, 2.45) is 5.73 Å². The number of carboxylic acids is 1. The first kappa shape index (κ1) is 14.9. The first-order valence-corrected chi connectivity index (χ1v) is 5.84. The summed E-state index contributed by atoms with van der Waals surface area (Å²) in [6.07, 6.45) is 4.25. The fourth-order valence-electron chi connectivity index (χ4n) is 1.38. The molecular formula is C11H22N2O3. The van der Waals surface area contributed by atoms with Gasteiger partial charge in [-0.05, 0) is 25.8 Å². The van der Waals surface area contributed by atoms with Crippen LogP contribution in [0.15, 0.2) is 0 Å². The molecule has 0 bridgehead atoms. The molecule has 0 spiro atoms. The number of unbranched alkanes of at least 4 members (excludes halogenated alkanes) is 2. The van der Waals surface area contributed by atoms with Gasteiger partial charge in [-0.3, -0.25) is 4.79 Å². The molecule has 0 saturated carbocycles. The van der Waals surface area contributed by atoms with Gasteiger partial charge in [0.1, 0.15) is 6.04 Å². The third-order valence-electron chi connectivity index (χ3n) is 2.34. The van der Waals surface area contributed by atoms with Gasteiger partial charge in [0, 0.05) is 6.42 Å². The number of amides is 1. The molecule has 5 nitrogen and oxygen atoms in total. The standard InChI is InChI=1S/C11H22N2O3/c1-2-3-4-7-10(14)13-9(11(15)16)6-5-8-12/h9H,2-8,12H2,1H3,(H,13,14)(H,15,16)/t9-/m1/s1. The van der Waals surface area contributed by atoms with Gasteiger partial charge in [-0.2, -0.15) is 0 Å². The second kappa shape index (κ2) is 9.15. The van der Waals surface area contributed by atoms with Crippen molar-refractivity contribution in [1.29, 1.82) is 0 Å². The van der Waals surface area contributed by atoms with E-state index >= 15 is 0 Å². The minimum atomic E-state index is -0.989. The lowest BCUT2D eigenvalue weighted by Gasteiger charge is -2.13. The van der Waals surface area contributed by atoms with Crippen molar-refractivity contribution in [3.8, 4) is 0 Å². The molecule has 4 N–H and O–H groups in total. The number of carbonyl (C=O) groups excluding carboxylic acids is 1. The second-order valence-corrected chi connectivity index (χ2v) is 3.85. The predicted octanol–water partition coefficient (Wildman–Crippen LogP) is 0.875. The van der Waals surface area contributed by atoms with Crippen molar-refractivity contribution < 1.29 is 14.7 Å². The van der Waals surface area contributed by atoms with Gasteiger partial charge in [0.05, 0.1) is 0 Å². The van der Waals surface area contributed by atoms with Crippen LogP contribution in [0.1, 0.15) is 45.4 Å². The molecule has 0 heterocycles. The third kappa shape index (κ3) is 7.23. The summed E-state index contributed by atoms with van der Waals surface area (Å²) in [6, 6.07) is -0.794. The molecule has 0 unspecified atom stereocenters. The average Bonchev–Trinajstić information content (AvgIpc) is 2.24. The summed E-state index contributed by atoms with van der Waals surface area (Å²) < 4.78 is 0. The molecule has 1 atom stereocenters. The zero-order chi connectivity index (χ0) is 12.4. The Bertz CT molecular complexity index is 219. The Labute approximate surface area is 96.4 Å². The van der Waals surface area contributed by atoms with Crippen LogP contribution < -0.4 is 11.1 Å². The number of nitrogens with one attached hydrogen (secondary N) is 1. The molecule has 0 saturated heterocycles. The number of aliphatic carboxylic acids is 1. The van der Waals surface area contributed by atoms with Crippen molar-refractivity contribution in [1.82, 2.24) is 5.32 Å². The molecular weight excluding hydrogens is 208 g/mol. The fourth-order valence-corrected chi connectivity index (χ4v) is 1.38. The van der Waals surface area contributed by atoms with Crippen LogP contribution in [-0.2, 0) is 9.59 Å². The van der Waals surface area contributed by atoms with Crippen LogP contribution in [-0.4, -0.2) is 29.6 Å². The lowest BCUT2D eigenvalue weighted by Crippen LogP contribution is -2.40. The number of hydrogen-bond donors (Lipinski definition) is 3. The lowest BCUT2D eigenvalue weighted by molar-refractivity contribution is -0.142.